The van der Waals surface area contributed by atoms with Gasteiger partial charge in [-0.2, -0.15) is 5.26 Å². The fraction of sp³-hybridized carbons (Fsp3) is 0.857. The summed E-state index contributed by atoms with van der Waals surface area (Å²) in [5, 5.41) is 13.1. The second kappa shape index (κ2) is 14.1. The summed E-state index contributed by atoms with van der Waals surface area (Å²) >= 11 is 0. The Morgan fingerprint density at radius 1 is 1.08 bits per heavy atom. The van der Waals surface area contributed by atoms with E-state index in [1.165, 1.54) is 0 Å². The van der Waals surface area contributed by atoms with E-state index in [0.717, 1.165) is 70.9 Å². The van der Waals surface area contributed by atoms with Gasteiger partial charge in [-0.15, -0.1) is 4.99 Å². The van der Waals surface area contributed by atoms with Gasteiger partial charge in [0, 0.05) is 50.2 Å². The lowest BCUT2D eigenvalue weighted by atomic mass is 9.80. The molecule has 2 amide bonds. The quantitative estimate of drug-likeness (QED) is 0.412. The van der Waals surface area contributed by atoms with Crippen LogP contribution in [0.15, 0.2) is 4.99 Å². The van der Waals surface area contributed by atoms with Crippen LogP contribution >= 0.6 is 0 Å². The van der Waals surface area contributed by atoms with Crippen LogP contribution in [0, 0.1) is 23.2 Å². The highest BCUT2D eigenvalue weighted by Gasteiger charge is 2.44. The van der Waals surface area contributed by atoms with Crippen molar-refractivity contribution in [3.8, 4) is 6.07 Å². The second-order valence-electron chi connectivity index (χ2n) is 11.0. The van der Waals surface area contributed by atoms with Gasteiger partial charge in [-0.1, -0.05) is 19.3 Å². The van der Waals surface area contributed by atoms with Crippen LogP contribution in [0.1, 0.15) is 71.6 Å². The summed E-state index contributed by atoms with van der Waals surface area (Å²) in [6.45, 7) is 8.98. The highest BCUT2D eigenvalue weighted by Crippen LogP contribution is 2.36. The van der Waals surface area contributed by atoms with Crippen LogP contribution in [0.2, 0.25) is 0 Å². The van der Waals surface area contributed by atoms with Crippen molar-refractivity contribution >= 4 is 18.0 Å². The third-order valence-corrected chi connectivity index (χ3v) is 8.70. The number of nitrogens with zero attached hydrogens (tertiary/aromatic N) is 5. The summed E-state index contributed by atoms with van der Waals surface area (Å²) in [6.07, 6.45) is 7.83. The molecule has 5 unspecified atom stereocenters. The minimum atomic E-state index is -0.588. The second-order valence-corrected chi connectivity index (χ2v) is 11.0. The molecular formula is C28H46N6O4. The Balaban J connectivity index is 1.63. The SMILES string of the molecule is CCOC(=O)N=C(N1CCOCC1)N(CC)C1CCCCC1C(=O)N(C1CCNC1)C1CCCC(C#N)C1. The molecule has 212 valence electrons. The van der Waals surface area contributed by atoms with Crippen molar-refractivity contribution in [3.05, 3.63) is 0 Å². The summed E-state index contributed by atoms with van der Waals surface area (Å²) in [4.78, 5) is 38.1. The van der Waals surface area contributed by atoms with Crippen molar-refractivity contribution in [3.63, 3.8) is 0 Å². The van der Waals surface area contributed by atoms with Gasteiger partial charge in [0.05, 0.1) is 31.8 Å². The first kappa shape index (κ1) is 28.6. The predicted molar refractivity (Wildman–Crippen MR) is 144 cm³/mol. The number of ether oxygens (including phenoxy) is 2. The number of morpholine rings is 1. The largest absolute Gasteiger partial charge is 0.448 e. The molecule has 0 spiro atoms. The summed E-state index contributed by atoms with van der Waals surface area (Å²) < 4.78 is 10.8. The van der Waals surface area contributed by atoms with Crippen LogP contribution in [0.4, 0.5) is 4.79 Å². The van der Waals surface area contributed by atoms with Gasteiger partial charge in [0.15, 0.2) is 0 Å². The highest BCUT2D eigenvalue weighted by atomic mass is 16.5. The standard InChI is InChI=1S/C28H46N6O4/c1-3-33(27(31-28(36)38-4-2)32-14-16-37-17-15-32)25-11-6-5-10-24(25)26(35)34(23-12-13-30-20-23)22-9-7-8-21(18-22)19-29/h21-25,30H,3-18,20H2,1-2H3. The zero-order valence-electron chi connectivity index (χ0n) is 23.3. The number of hydrogen-bond donors (Lipinski definition) is 1. The minimum Gasteiger partial charge on any atom is -0.448 e. The number of guanidine groups is 1. The monoisotopic (exact) mass is 530 g/mol. The van der Waals surface area contributed by atoms with Gasteiger partial charge in [0.2, 0.25) is 11.9 Å². The molecular weight excluding hydrogens is 484 g/mol. The lowest BCUT2D eigenvalue weighted by molar-refractivity contribution is -0.144. The molecule has 4 aliphatic rings. The van der Waals surface area contributed by atoms with Crippen molar-refractivity contribution in [1.29, 1.82) is 5.26 Å². The van der Waals surface area contributed by atoms with Crippen LogP contribution in [-0.4, -0.2) is 103 Å². The van der Waals surface area contributed by atoms with Crippen LogP contribution in [0.25, 0.3) is 0 Å². The van der Waals surface area contributed by atoms with Crippen molar-refractivity contribution in [2.75, 3.05) is 52.5 Å². The molecule has 2 aliphatic heterocycles. The summed E-state index contributed by atoms with van der Waals surface area (Å²) in [7, 11) is 0. The summed E-state index contributed by atoms with van der Waals surface area (Å²) in [6, 6.07) is 2.74. The average molecular weight is 531 g/mol. The number of carbonyl (C=O) groups excluding carboxylic acids is 2. The first-order valence-electron chi connectivity index (χ1n) is 14.8. The maximum Gasteiger partial charge on any atom is 0.436 e. The molecule has 4 fully saturated rings. The maximum absolute atomic E-state index is 14.6. The molecule has 0 radical (unpaired) electrons. The molecule has 38 heavy (non-hydrogen) atoms. The molecule has 10 nitrogen and oxygen atoms in total. The Hall–Kier alpha value is -2.38. The Bertz CT molecular complexity index is 864. The van der Waals surface area contributed by atoms with E-state index < -0.39 is 6.09 Å². The highest BCUT2D eigenvalue weighted by molar-refractivity contribution is 5.91. The third kappa shape index (κ3) is 6.78. The normalized spacial score (nSPS) is 30.4. The van der Waals surface area contributed by atoms with Gasteiger partial charge in [0.1, 0.15) is 0 Å². The van der Waals surface area contributed by atoms with E-state index in [9.17, 15) is 14.9 Å². The van der Waals surface area contributed by atoms with E-state index in [2.05, 4.69) is 38.0 Å². The zero-order chi connectivity index (χ0) is 26.9. The van der Waals surface area contributed by atoms with E-state index in [0.29, 0.717) is 38.8 Å². The molecule has 4 rings (SSSR count). The minimum absolute atomic E-state index is 0.0253. The van der Waals surface area contributed by atoms with Crippen LogP contribution in [0.3, 0.4) is 0 Å². The molecule has 2 heterocycles. The topological polar surface area (TPSA) is 110 Å². The zero-order valence-corrected chi connectivity index (χ0v) is 23.3. The number of nitrogens with one attached hydrogen (secondary N) is 1. The molecule has 2 aliphatic carbocycles. The summed E-state index contributed by atoms with van der Waals surface area (Å²) in [5.41, 5.74) is 0. The Labute approximate surface area is 227 Å². The van der Waals surface area contributed by atoms with Gasteiger partial charge >= 0.3 is 6.09 Å². The first-order chi connectivity index (χ1) is 18.6. The van der Waals surface area contributed by atoms with Crippen LogP contribution in [0.5, 0.6) is 0 Å². The van der Waals surface area contributed by atoms with Crippen LogP contribution in [-0.2, 0) is 14.3 Å². The molecule has 2 saturated heterocycles. The van der Waals surface area contributed by atoms with E-state index in [1.807, 2.05) is 0 Å². The van der Waals surface area contributed by atoms with Gasteiger partial charge in [-0.05, 0) is 58.9 Å². The molecule has 0 aromatic heterocycles. The van der Waals surface area contributed by atoms with Crippen molar-refractivity contribution in [1.82, 2.24) is 20.0 Å². The molecule has 0 bridgehead atoms. The van der Waals surface area contributed by atoms with E-state index in [1.54, 1.807) is 6.92 Å². The summed E-state index contributed by atoms with van der Waals surface area (Å²) in [5.74, 6) is 0.690. The lowest BCUT2D eigenvalue weighted by Crippen LogP contribution is -2.59. The number of rotatable bonds is 6. The smallest absolute Gasteiger partial charge is 0.436 e. The first-order valence-corrected chi connectivity index (χ1v) is 14.8. The lowest BCUT2D eigenvalue weighted by Gasteiger charge is -2.47. The molecule has 2 saturated carbocycles. The third-order valence-electron chi connectivity index (χ3n) is 8.70. The number of aliphatic imine (C=N–C) groups is 1. The maximum atomic E-state index is 14.6. The van der Waals surface area contributed by atoms with Gasteiger partial charge in [-0.3, -0.25) is 4.79 Å². The molecule has 1 N–H and O–H groups in total. The Morgan fingerprint density at radius 3 is 2.55 bits per heavy atom. The van der Waals surface area contributed by atoms with Gasteiger partial charge < -0.3 is 29.5 Å². The van der Waals surface area contributed by atoms with Crippen molar-refractivity contribution in [2.24, 2.45) is 16.8 Å². The van der Waals surface area contributed by atoms with Crippen molar-refractivity contribution < 1.29 is 19.1 Å². The number of carbonyl (C=O) groups is 2. The Morgan fingerprint density at radius 2 is 1.87 bits per heavy atom. The predicted octanol–water partition coefficient (Wildman–Crippen LogP) is 2.98. The molecule has 5 atom stereocenters. The number of amides is 2. The van der Waals surface area contributed by atoms with E-state index >= 15 is 0 Å². The van der Waals surface area contributed by atoms with Crippen molar-refractivity contribution in [2.45, 2.75) is 89.8 Å². The van der Waals surface area contributed by atoms with E-state index in [-0.39, 0.29) is 42.5 Å². The fourth-order valence-corrected chi connectivity index (χ4v) is 6.87. The molecule has 0 aromatic carbocycles. The van der Waals surface area contributed by atoms with Gasteiger partial charge in [0.25, 0.3) is 0 Å². The molecule has 0 aromatic rings. The fourth-order valence-electron chi connectivity index (χ4n) is 6.87. The average Bonchev–Trinajstić information content (AvgIpc) is 3.48. The molecule has 10 heteroatoms. The Kier molecular flexibility index (Phi) is 10.6. The van der Waals surface area contributed by atoms with Crippen LogP contribution < -0.4 is 5.32 Å². The van der Waals surface area contributed by atoms with Gasteiger partial charge in [-0.25, -0.2) is 4.79 Å². The van der Waals surface area contributed by atoms with E-state index in [4.69, 9.17) is 9.47 Å². The number of nitriles is 1. The number of hydrogen-bond acceptors (Lipinski definition) is 6.